The lowest BCUT2D eigenvalue weighted by atomic mass is 10.2. The molecule has 0 spiro atoms. The lowest BCUT2D eigenvalue weighted by Gasteiger charge is -2.29. The van der Waals surface area contributed by atoms with Crippen molar-refractivity contribution in [2.45, 2.75) is 6.54 Å². The molecule has 0 unspecified atom stereocenters. The number of carbonyl (C=O) groups is 1. The van der Waals surface area contributed by atoms with E-state index in [1.54, 1.807) is 41.8 Å². The van der Waals surface area contributed by atoms with E-state index >= 15 is 0 Å². The molecule has 9 heteroatoms. The number of carbonyl (C=O) groups excluding carboxylic acids is 1. The van der Waals surface area contributed by atoms with Crippen molar-refractivity contribution in [2.24, 2.45) is 0 Å². The molecule has 1 aromatic heterocycles. The molecule has 4 rings (SSSR count). The van der Waals surface area contributed by atoms with Crippen molar-refractivity contribution in [1.82, 2.24) is 0 Å². The first kappa shape index (κ1) is 19.6. The molecule has 148 valence electrons. The quantitative estimate of drug-likeness (QED) is 0.568. The summed E-state index contributed by atoms with van der Waals surface area (Å²) in [6.07, 6.45) is 1.17. The number of fused-ring (bicyclic) bond motifs is 1. The van der Waals surface area contributed by atoms with Crippen LogP contribution in [0.2, 0.25) is 5.02 Å². The van der Waals surface area contributed by atoms with Crippen LogP contribution in [0.3, 0.4) is 0 Å². The monoisotopic (exact) mass is 448 g/mol. The van der Waals surface area contributed by atoms with Crippen LogP contribution in [-0.4, -0.2) is 14.2 Å². The second-order valence-electron chi connectivity index (χ2n) is 6.27. The van der Waals surface area contributed by atoms with E-state index in [2.05, 4.69) is 5.32 Å². The summed E-state index contributed by atoms with van der Waals surface area (Å²) in [4.78, 5) is 12.8. The maximum absolute atomic E-state index is 13.6. The molecule has 0 radical (unpaired) electrons. The topological polar surface area (TPSA) is 66.5 Å². The minimum Gasteiger partial charge on any atom is -0.360 e. The molecule has 3 aromatic rings. The molecule has 2 heterocycles. The van der Waals surface area contributed by atoms with Gasteiger partial charge in [0, 0.05) is 16.9 Å². The summed E-state index contributed by atoms with van der Waals surface area (Å²) in [7, 11) is -4.15. The third-order valence-electron chi connectivity index (χ3n) is 4.32. The Hall–Kier alpha value is -2.68. The van der Waals surface area contributed by atoms with Crippen molar-refractivity contribution in [3.63, 3.8) is 0 Å². The van der Waals surface area contributed by atoms with Crippen LogP contribution in [0, 0.1) is 5.82 Å². The molecule has 0 saturated heterocycles. The van der Waals surface area contributed by atoms with Gasteiger partial charge in [0.2, 0.25) is 5.78 Å². The van der Waals surface area contributed by atoms with Crippen LogP contribution >= 0.6 is 22.9 Å². The van der Waals surface area contributed by atoms with Crippen LogP contribution in [0.15, 0.2) is 71.1 Å². The number of allylic oxidation sites excluding steroid dienone is 1. The van der Waals surface area contributed by atoms with Gasteiger partial charge in [0.25, 0.3) is 10.0 Å². The third-order valence-corrected chi connectivity index (χ3v) is 7.22. The number of ketones is 1. The Morgan fingerprint density at radius 1 is 1.14 bits per heavy atom. The SMILES string of the molecule is O=C1/C(=C/Nc2cccc(Cl)c2)S(=O)(=O)N(Cc2cccc(F)c2)c2ccsc21. The fourth-order valence-corrected chi connectivity index (χ4v) is 5.66. The van der Waals surface area contributed by atoms with E-state index in [4.69, 9.17) is 11.6 Å². The lowest BCUT2D eigenvalue weighted by molar-refractivity contribution is 0.104. The molecule has 0 fully saturated rings. The number of hydrogen-bond donors (Lipinski definition) is 1. The predicted molar refractivity (Wildman–Crippen MR) is 113 cm³/mol. The highest BCUT2D eigenvalue weighted by Gasteiger charge is 2.41. The first-order chi connectivity index (χ1) is 13.9. The average molecular weight is 449 g/mol. The highest BCUT2D eigenvalue weighted by atomic mass is 35.5. The summed E-state index contributed by atoms with van der Waals surface area (Å²) in [6, 6.07) is 14.0. The molecule has 29 heavy (non-hydrogen) atoms. The molecular formula is C20H14ClFN2O3S2. The van der Waals surface area contributed by atoms with Gasteiger partial charge in [-0.15, -0.1) is 11.3 Å². The van der Waals surface area contributed by atoms with Gasteiger partial charge in [-0.05, 0) is 47.3 Å². The van der Waals surface area contributed by atoms with Gasteiger partial charge in [-0.2, -0.15) is 0 Å². The van der Waals surface area contributed by atoms with Gasteiger partial charge in [0.1, 0.15) is 10.7 Å². The maximum Gasteiger partial charge on any atom is 0.270 e. The predicted octanol–water partition coefficient (Wildman–Crippen LogP) is 5.03. The standard InChI is InChI=1S/C20H14ClFN2O3S2/c21-14-4-2-6-16(10-14)23-11-18-19(25)20-17(7-8-28-20)24(29(18,26)27)12-13-3-1-5-15(22)9-13/h1-11,23H,12H2/b18-11-. The molecule has 0 atom stereocenters. The Morgan fingerprint density at radius 3 is 2.69 bits per heavy atom. The molecule has 2 aromatic carbocycles. The van der Waals surface area contributed by atoms with E-state index in [1.807, 2.05) is 0 Å². The second kappa shape index (κ2) is 7.62. The summed E-state index contributed by atoms with van der Waals surface area (Å²) in [5, 5.41) is 4.96. The highest BCUT2D eigenvalue weighted by molar-refractivity contribution is 7.97. The fraction of sp³-hybridized carbons (Fsp3) is 0.0500. The maximum atomic E-state index is 13.6. The van der Waals surface area contributed by atoms with Crippen molar-refractivity contribution >= 4 is 50.1 Å². The molecule has 1 aliphatic heterocycles. The van der Waals surface area contributed by atoms with Crippen molar-refractivity contribution < 1.29 is 17.6 Å². The third kappa shape index (κ3) is 3.78. The molecular weight excluding hydrogens is 435 g/mol. The number of nitrogens with zero attached hydrogens (tertiary/aromatic N) is 1. The summed E-state index contributed by atoms with van der Waals surface area (Å²) < 4.78 is 41.2. The van der Waals surface area contributed by atoms with E-state index in [1.165, 1.54) is 24.4 Å². The fourth-order valence-electron chi connectivity index (χ4n) is 2.98. The van der Waals surface area contributed by atoms with Crippen LogP contribution in [0.25, 0.3) is 0 Å². The van der Waals surface area contributed by atoms with Crippen LogP contribution < -0.4 is 9.62 Å². The largest absolute Gasteiger partial charge is 0.360 e. The minimum absolute atomic E-state index is 0.0917. The van der Waals surface area contributed by atoms with Gasteiger partial charge in [0.05, 0.1) is 12.2 Å². The highest BCUT2D eigenvalue weighted by Crippen LogP contribution is 2.39. The van der Waals surface area contributed by atoms with Gasteiger partial charge < -0.3 is 5.32 Å². The smallest absolute Gasteiger partial charge is 0.270 e. The Labute approximate surface area is 176 Å². The molecule has 0 amide bonds. The number of anilines is 2. The van der Waals surface area contributed by atoms with Crippen LogP contribution in [-0.2, 0) is 16.6 Å². The Bertz CT molecular complexity index is 1240. The summed E-state index contributed by atoms with van der Waals surface area (Å²) in [5.41, 5.74) is 1.31. The van der Waals surface area contributed by atoms with Gasteiger partial charge in [-0.25, -0.2) is 12.8 Å². The molecule has 1 N–H and O–H groups in total. The van der Waals surface area contributed by atoms with Crippen molar-refractivity contribution in [2.75, 3.05) is 9.62 Å². The van der Waals surface area contributed by atoms with Crippen LogP contribution in [0.1, 0.15) is 15.2 Å². The summed E-state index contributed by atoms with van der Waals surface area (Å²) in [5.74, 6) is -1.04. The number of halogens is 2. The van der Waals surface area contributed by atoms with Crippen molar-refractivity contribution in [3.05, 3.63) is 92.4 Å². The second-order valence-corrected chi connectivity index (χ2v) is 9.45. The van der Waals surface area contributed by atoms with Gasteiger partial charge >= 0.3 is 0 Å². The van der Waals surface area contributed by atoms with E-state index in [-0.39, 0.29) is 11.4 Å². The summed E-state index contributed by atoms with van der Waals surface area (Å²) in [6.45, 7) is -0.0917. The number of thiophene rings is 1. The number of Topliss-reactive ketones (excluding diaryl/α,β-unsaturated/α-hetero) is 1. The van der Waals surface area contributed by atoms with Crippen LogP contribution in [0.4, 0.5) is 15.8 Å². The van der Waals surface area contributed by atoms with Gasteiger partial charge in [0.15, 0.2) is 4.91 Å². The van der Waals surface area contributed by atoms with E-state index < -0.39 is 21.6 Å². The zero-order chi connectivity index (χ0) is 20.6. The lowest BCUT2D eigenvalue weighted by Crippen LogP contribution is -2.38. The van der Waals surface area contributed by atoms with Gasteiger partial charge in [-0.1, -0.05) is 29.8 Å². The van der Waals surface area contributed by atoms with E-state index in [9.17, 15) is 17.6 Å². The number of benzene rings is 2. The first-order valence-corrected chi connectivity index (χ1v) is 11.2. The van der Waals surface area contributed by atoms with Crippen LogP contribution in [0.5, 0.6) is 0 Å². The normalized spacial score (nSPS) is 16.7. The zero-order valence-electron chi connectivity index (χ0n) is 14.8. The Balaban J connectivity index is 1.75. The molecule has 0 bridgehead atoms. The Kier molecular flexibility index (Phi) is 5.16. The molecule has 0 saturated carbocycles. The zero-order valence-corrected chi connectivity index (χ0v) is 17.2. The van der Waals surface area contributed by atoms with Crippen molar-refractivity contribution in [3.8, 4) is 0 Å². The Morgan fingerprint density at radius 2 is 1.93 bits per heavy atom. The van der Waals surface area contributed by atoms with E-state index in [0.717, 1.165) is 15.6 Å². The minimum atomic E-state index is -4.15. The van der Waals surface area contributed by atoms with Crippen molar-refractivity contribution in [1.29, 1.82) is 0 Å². The average Bonchev–Trinajstić information content (AvgIpc) is 3.15. The number of sulfonamides is 1. The van der Waals surface area contributed by atoms with Gasteiger partial charge in [-0.3, -0.25) is 9.10 Å². The number of rotatable bonds is 4. The van der Waals surface area contributed by atoms with E-state index in [0.29, 0.717) is 26.8 Å². The molecule has 5 nitrogen and oxygen atoms in total. The number of hydrogen-bond acceptors (Lipinski definition) is 5. The molecule has 1 aliphatic rings. The number of nitrogens with one attached hydrogen (secondary N) is 1. The molecule has 0 aliphatic carbocycles. The first-order valence-electron chi connectivity index (χ1n) is 8.48. The summed E-state index contributed by atoms with van der Waals surface area (Å²) >= 11 is 7.11.